The normalized spacial score (nSPS) is 12.4. The van der Waals surface area contributed by atoms with E-state index in [1.54, 1.807) is 6.07 Å². The Balaban J connectivity index is 0.000000188. The number of nitrogens with zero attached hydrogens (tertiary/aromatic N) is 2. The van der Waals surface area contributed by atoms with Gasteiger partial charge >= 0.3 is 146 Å². The maximum Gasteiger partial charge on any atom is 0 e. The molecule has 3 heterocycles. The molecule has 1 radical (unpaired) electrons. The van der Waals surface area contributed by atoms with Gasteiger partial charge in [-0.1, -0.05) is 78.9 Å². The zero-order chi connectivity index (χ0) is 38.7. The molecule has 267 valence electrons. The van der Waals surface area contributed by atoms with E-state index in [1.807, 2.05) is 67.0 Å². The first-order chi connectivity index (χ1) is 26.3. The third-order valence-electron chi connectivity index (χ3n) is 9.21. The van der Waals surface area contributed by atoms with Gasteiger partial charge in [-0.25, -0.2) is 0 Å². The summed E-state index contributed by atoms with van der Waals surface area (Å²) >= 11 is -1.91. The average molecular weight is 933 g/mol. The minimum atomic E-state index is -2.18. The van der Waals surface area contributed by atoms with Gasteiger partial charge in [0, 0.05) is 31.7 Å². The van der Waals surface area contributed by atoms with Gasteiger partial charge in [0.2, 0.25) is 0 Å². The van der Waals surface area contributed by atoms with E-state index in [2.05, 4.69) is 120 Å². The first-order valence-corrected chi connectivity index (χ1v) is 25.2. The maximum atomic E-state index is 7.84. The fraction of sp³-hybridized carbons (Fsp3) is 0.167. The van der Waals surface area contributed by atoms with E-state index in [0.717, 1.165) is 62.0 Å². The molecule has 3 nitrogen and oxygen atoms in total. The molecule has 5 heteroatoms. The van der Waals surface area contributed by atoms with Gasteiger partial charge in [-0.05, 0) is 41.3 Å². The summed E-state index contributed by atoms with van der Waals surface area (Å²) in [6.07, 6.45) is 4.88. The van der Waals surface area contributed by atoms with Crippen LogP contribution in [-0.4, -0.2) is 23.2 Å². The second-order valence-corrected chi connectivity index (χ2v) is 25.3. The van der Waals surface area contributed by atoms with Crippen LogP contribution >= 0.6 is 0 Å². The molecule has 0 bridgehead atoms. The summed E-state index contributed by atoms with van der Waals surface area (Å²) in [5, 5.41) is 2.22. The van der Waals surface area contributed by atoms with Crippen molar-refractivity contribution >= 4 is 39.6 Å². The Kier molecular flexibility index (Phi) is 10.7. The number of hydrogen-bond acceptors (Lipinski definition) is 3. The Bertz CT molecular complexity index is 2560. The van der Waals surface area contributed by atoms with E-state index in [-0.39, 0.29) is 20.1 Å². The van der Waals surface area contributed by atoms with Crippen molar-refractivity contribution in [3.05, 3.63) is 163 Å². The Hall–Kier alpha value is -4.61. The minimum Gasteiger partial charge on any atom is 0 e. The van der Waals surface area contributed by atoms with Gasteiger partial charge in [0.05, 0.1) is 5.58 Å². The summed E-state index contributed by atoms with van der Waals surface area (Å²) in [7, 11) is 0. The van der Waals surface area contributed by atoms with Crippen molar-refractivity contribution in [3.8, 4) is 44.8 Å². The Morgan fingerprint density at radius 1 is 0.736 bits per heavy atom. The zero-order valence-corrected chi connectivity index (χ0v) is 35.2. The molecule has 8 aromatic rings. The van der Waals surface area contributed by atoms with E-state index in [0.29, 0.717) is 17.0 Å². The summed E-state index contributed by atoms with van der Waals surface area (Å²) in [5.41, 5.74) is 10.7. The third kappa shape index (κ3) is 8.79. The number of aryl methyl sites for hydroxylation is 1. The Morgan fingerprint density at radius 2 is 1.49 bits per heavy atom. The first-order valence-electron chi connectivity index (χ1n) is 19.3. The van der Waals surface area contributed by atoms with E-state index in [1.165, 1.54) is 15.5 Å². The van der Waals surface area contributed by atoms with Crippen molar-refractivity contribution in [2.24, 2.45) is 5.92 Å². The smallest absolute Gasteiger partial charge is 0 e. The van der Waals surface area contributed by atoms with Gasteiger partial charge < -0.3 is 9.40 Å². The molecule has 53 heavy (non-hydrogen) atoms. The number of benzene rings is 5. The molecule has 0 spiro atoms. The summed E-state index contributed by atoms with van der Waals surface area (Å²) in [4.78, 5) is 9.23. The van der Waals surface area contributed by atoms with Crippen molar-refractivity contribution in [1.82, 2.24) is 9.97 Å². The van der Waals surface area contributed by atoms with Crippen LogP contribution in [0.15, 0.2) is 144 Å². The van der Waals surface area contributed by atoms with Crippen LogP contribution in [0.3, 0.4) is 0 Å². The molecule has 0 aliphatic rings. The predicted octanol–water partition coefficient (Wildman–Crippen LogP) is 12.4. The second-order valence-electron chi connectivity index (χ2n) is 14.6. The Morgan fingerprint density at radius 3 is 2.17 bits per heavy atom. The van der Waals surface area contributed by atoms with Crippen LogP contribution in [0.25, 0.3) is 66.7 Å². The summed E-state index contributed by atoms with van der Waals surface area (Å²) in [5.74, 6) is 7.61. The molecule has 0 fully saturated rings. The Labute approximate surface area is 334 Å². The first kappa shape index (κ1) is 34.2. The molecule has 0 saturated carbocycles. The molecule has 0 N–H and O–H groups in total. The van der Waals surface area contributed by atoms with Gasteiger partial charge in [0.15, 0.2) is 0 Å². The van der Waals surface area contributed by atoms with Crippen LogP contribution in [0.1, 0.15) is 29.1 Å². The number of fused-ring (bicyclic) bond motifs is 3. The molecular weight excluding hydrogens is 885 g/mol. The van der Waals surface area contributed by atoms with Crippen LogP contribution in [0.4, 0.5) is 0 Å². The molecule has 3 aromatic heterocycles. The molecule has 0 amide bonds. The largest absolute Gasteiger partial charge is 0 e. The molecule has 8 rings (SSSR count). The number of pyridine rings is 2. The van der Waals surface area contributed by atoms with E-state index in [4.69, 9.17) is 8.53 Å². The number of rotatable bonds is 7. The number of aromatic nitrogens is 2. The van der Waals surface area contributed by atoms with Gasteiger partial charge in [0.1, 0.15) is 5.58 Å². The van der Waals surface area contributed by atoms with Crippen molar-refractivity contribution in [2.45, 2.75) is 44.4 Å². The molecule has 0 unspecified atom stereocenters. The topological polar surface area (TPSA) is 38.9 Å². The quantitative estimate of drug-likeness (QED) is 0.118. The van der Waals surface area contributed by atoms with Crippen LogP contribution in [0, 0.1) is 24.9 Å². The summed E-state index contributed by atoms with van der Waals surface area (Å²) in [6.45, 7) is 2.28. The van der Waals surface area contributed by atoms with Crippen LogP contribution in [0.5, 0.6) is 0 Å². The van der Waals surface area contributed by atoms with E-state index >= 15 is 0 Å². The third-order valence-corrected chi connectivity index (χ3v) is 13.5. The molecule has 0 aliphatic carbocycles. The molecule has 5 aromatic carbocycles. The summed E-state index contributed by atoms with van der Waals surface area (Å²) < 4.78 is 31.2. The van der Waals surface area contributed by atoms with E-state index < -0.39 is 20.1 Å². The SMILES string of the molecule is CC(C)Cc1ccnc(-c2[c-]ccc3c2oc2cc(-c4ccccc4)ccc23)c1.[2H]C([2H])([2H])c1c[c-]c(-c2cc[c]([Ge]([CH3])([CH3])[CH3])cn2)cc1-c1ccccc1.[Ir]. The standard InChI is InChI=1S/C27H22NO.C21H22GeN.Ir/c1-18(2)15-19-13-14-28-25(16-19)24-10-6-9-23-22-12-11-21(17-26(22)29-27(23)24)20-7-4-3-5-8-20;1-16-10-11-18(14-20(16)17-8-6-5-7-9-17)21-13-12-19(15-23-21)22(2,3)4;/h3-9,11-14,16-18H,15H2,1-2H3;5-10,12-15H,1-4H3;/q2*-1;/i;1D3;. The molecular formula is C48H44GeIrN2O-2. The predicted molar refractivity (Wildman–Crippen MR) is 221 cm³/mol. The van der Waals surface area contributed by atoms with Crippen LogP contribution in [-0.2, 0) is 26.5 Å². The monoisotopic (exact) mass is 934 g/mol. The zero-order valence-electron chi connectivity index (χ0n) is 33.7. The summed E-state index contributed by atoms with van der Waals surface area (Å²) in [6, 6.07) is 48.8. The van der Waals surface area contributed by atoms with Gasteiger partial charge in [-0.15, -0.1) is 18.2 Å². The average Bonchev–Trinajstić information content (AvgIpc) is 3.56. The molecule has 0 atom stereocenters. The number of furan rings is 1. The van der Waals surface area contributed by atoms with E-state index in [9.17, 15) is 0 Å². The van der Waals surface area contributed by atoms with Gasteiger partial charge in [0.25, 0.3) is 0 Å². The minimum absolute atomic E-state index is 0. The van der Waals surface area contributed by atoms with Crippen LogP contribution < -0.4 is 4.40 Å². The van der Waals surface area contributed by atoms with Crippen molar-refractivity contribution in [2.75, 3.05) is 0 Å². The van der Waals surface area contributed by atoms with Crippen molar-refractivity contribution in [3.63, 3.8) is 0 Å². The van der Waals surface area contributed by atoms with Crippen LogP contribution in [0.2, 0.25) is 17.3 Å². The van der Waals surface area contributed by atoms with Crippen molar-refractivity contribution in [1.29, 1.82) is 0 Å². The second kappa shape index (κ2) is 16.6. The fourth-order valence-corrected chi connectivity index (χ4v) is 8.62. The molecule has 0 aliphatic heterocycles. The fourth-order valence-electron chi connectivity index (χ4n) is 6.44. The number of hydrogen-bond donors (Lipinski definition) is 0. The molecule has 0 saturated heterocycles. The van der Waals surface area contributed by atoms with Gasteiger partial charge in [-0.3, -0.25) is 0 Å². The maximum absolute atomic E-state index is 7.84. The van der Waals surface area contributed by atoms with Crippen molar-refractivity contribution < 1.29 is 28.6 Å². The van der Waals surface area contributed by atoms with Gasteiger partial charge in [-0.2, -0.15) is 0 Å².